The molecule has 1 aromatic rings. The number of thioether (sulfide) groups is 1. The van der Waals surface area contributed by atoms with Gasteiger partial charge in [-0.3, -0.25) is 4.68 Å². The summed E-state index contributed by atoms with van der Waals surface area (Å²) in [5.41, 5.74) is 1.10. The lowest BCUT2D eigenvalue weighted by Crippen LogP contribution is -2.31. The van der Waals surface area contributed by atoms with Gasteiger partial charge in [-0.15, -0.1) is 11.8 Å². The Labute approximate surface area is 103 Å². The Kier molecular flexibility index (Phi) is 5.91. The third-order valence-corrected chi connectivity index (χ3v) is 3.81. The van der Waals surface area contributed by atoms with Crippen molar-refractivity contribution in [2.24, 2.45) is 7.05 Å². The van der Waals surface area contributed by atoms with Crippen LogP contribution in [0.15, 0.2) is 11.1 Å². The Morgan fingerprint density at radius 2 is 2.25 bits per heavy atom. The van der Waals surface area contributed by atoms with Crippen molar-refractivity contribution in [2.45, 2.75) is 44.7 Å². The number of aromatic nitrogens is 2. The maximum absolute atomic E-state index is 4.35. The van der Waals surface area contributed by atoms with Gasteiger partial charge in [-0.05, 0) is 32.4 Å². The van der Waals surface area contributed by atoms with E-state index in [9.17, 15) is 0 Å². The summed E-state index contributed by atoms with van der Waals surface area (Å²) in [6.45, 7) is 7.60. The average Bonchev–Trinajstić information content (AvgIpc) is 2.58. The van der Waals surface area contributed by atoms with Gasteiger partial charge in [0.05, 0.1) is 10.7 Å². The zero-order valence-corrected chi connectivity index (χ0v) is 11.6. The monoisotopic (exact) mass is 241 g/mol. The fourth-order valence-corrected chi connectivity index (χ4v) is 2.78. The molecule has 0 aliphatic carbocycles. The summed E-state index contributed by atoms with van der Waals surface area (Å²) in [5, 5.41) is 9.18. The van der Waals surface area contributed by atoms with Gasteiger partial charge in [-0.1, -0.05) is 13.8 Å². The Bertz CT molecular complexity index is 309. The largest absolute Gasteiger partial charge is 0.313 e. The van der Waals surface area contributed by atoms with Gasteiger partial charge in [0.1, 0.15) is 0 Å². The molecule has 16 heavy (non-hydrogen) atoms. The molecule has 0 radical (unpaired) electrons. The third kappa shape index (κ3) is 4.18. The van der Waals surface area contributed by atoms with Crippen molar-refractivity contribution in [3.63, 3.8) is 0 Å². The van der Waals surface area contributed by atoms with Crippen LogP contribution in [0.25, 0.3) is 0 Å². The number of aryl methyl sites for hydroxylation is 2. The van der Waals surface area contributed by atoms with Crippen LogP contribution in [0, 0.1) is 6.92 Å². The highest BCUT2D eigenvalue weighted by molar-refractivity contribution is 7.99. The molecule has 92 valence electrons. The molecule has 1 heterocycles. The van der Waals surface area contributed by atoms with Gasteiger partial charge in [-0.25, -0.2) is 0 Å². The fourth-order valence-electron chi connectivity index (χ4n) is 1.58. The number of hydrogen-bond acceptors (Lipinski definition) is 3. The van der Waals surface area contributed by atoms with Crippen LogP contribution >= 0.6 is 11.8 Å². The summed E-state index contributed by atoms with van der Waals surface area (Å²) >= 11 is 1.89. The number of rotatable bonds is 7. The number of hydrogen-bond donors (Lipinski definition) is 1. The van der Waals surface area contributed by atoms with Crippen molar-refractivity contribution in [1.29, 1.82) is 0 Å². The van der Waals surface area contributed by atoms with E-state index >= 15 is 0 Å². The van der Waals surface area contributed by atoms with Crippen molar-refractivity contribution < 1.29 is 0 Å². The van der Waals surface area contributed by atoms with Crippen LogP contribution in [-0.2, 0) is 7.05 Å². The summed E-state index contributed by atoms with van der Waals surface area (Å²) in [7, 11) is 2.01. The molecule has 1 atom stereocenters. The van der Waals surface area contributed by atoms with Gasteiger partial charge >= 0.3 is 0 Å². The minimum absolute atomic E-state index is 0.611. The number of nitrogens with zero attached hydrogens (tertiary/aromatic N) is 2. The van der Waals surface area contributed by atoms with E-state index in [1.165, 1.54) is 17.9 Å². The van der Waals surface area contributed by atoms with E-state index in [0.717, 1.165) is 18.0 Å². The van der Waals surface area contributed by atoms with Crippen molar-refractivity contribution >= 4 is 11.8 Å². The SMILES string of the molecule is CCCNC(CC)CSc1cc(C)nn1C. The number of nitrogens with one attached hydrogen (secondary N) is 1. The molecule has 1 rings (SSSR count). The van der Waals surface area contributed by atoms with Crippen LogP contribution in [-0.4, -0.2) is 28.1 Å². The molecule has 0 saturated carbocycles. The van der Waals surface area contributed by atoms with Crippen molar-refractivity contribution in [3.8, 4) is 0 Å². The quantitative estimate of drug-likeness (QED) is 0.744. The molecule has 0 bridgehead atoms. The van der Waals surface area contributed by atoms with E-state index in [2.05, 4.69) is 30.3 Å². The first-order valence-electron chi connectivity index (χ1n) is 6.04. The highest BCUT2D eigenvalue weighted by atomic mass is 32.2. The molecule has 4 heteroatoms. The molecule has 3 nitrogen and oxygen atoms in total. The summed E-state index contributed by atoms with van der Waals surface area (Å²) in [6, 6.07) is 2.76. The predicted molar refractivity (Wildman–Crippen MR) is 71.0 cm³/mol. The molecule has 0 aliphatic heterocycles. The summed E-state index contributed by atoms with van der Waals surface area (Å²) in [4.78, 5) is 0. The van der Waals surface area contributed by atoms with E-state index in [1.807, 2.05) is 30.4 Å². The van der Waals surface area contributed by atoms with Crippen LogP contribution in [0.4, 0.5) is 0 Å². The van der Waals surface area contributed by atoms with Gasteiger partial charge in [0, 0.05) is 18.8 Å². The topological polar surface area (TPSA) is 29.9 Å². The molecule has 0 amide bonds. The van der Waals surface area contributed by atoms with Gasteiger partial charge in [0.25, 0.3) is 0 Å². The zero-order chi connectivity index (χ0) is 12.0. The molecular formula is C12H23N3S. The maximum atomic E-state index is 4.35. The standard InChI is InChI=1S/C12H23N3S/c1-5-7-13-11(6-2)9-16-12-8-10(3)14-15(12)4/h8,11,13H,5-7,9H2,1-4H3. The Morgan fingerprint density at radius 1 is 1.50 bits per heavy atom. The summed E-state index contributed by atoms with van der Waals surface area (Å²) in [5.74, 6) is 1.12. The Balaban J connectivity index is 2.39. The second kappa shape index (κ2) is 6.97. The molecular weight excluding hydrogens is 218 g/mol. The highest BCUT2D eigenvalue weighted by Crippen LogP contribution is 2.19. The van der Waals surface area contributed by atoms with E-state index in [0.29, 0.717) is 6.04 Å². The molecule has 1 aromatic heterocycles. The van der Waals surface area contributed by atoms with E-state index in [1.54, 1.807) is 0 Å². The van der Waals surface area contributed by atoms with Crippen LogP contribution in [0.3, 0.4) is 0 Å². The van der Waals surface area contributed by atoms with Crippen LogP contribution in [0.2, 0.25) is 0 Å². The zero-order valence-electron chi connectivity index (χ0n) is 10.8. The molecule has 0 aromatic carbocycles. The van der Waals surface area contributed by atoms with Crippen LogP contribution < -0.4 is 5.32 Å². The third-order valence-electron chi connectivity index (χ3n) is 2.57. The van der Waals surface area contributed by atoms with E-state index in [4.69, 9.17) is 0 Å². The van der Waals surface area contributed by atoms with Crippen LogP contribution in [0.5, 0.6) is 0 Å². The van der Waals surface area contributed by atoms with Crippen molar-refractivity contribution in [3.05, 3.63) is 11.8 Å². The minimum Gasteiger partial charge on any atom is -0.313 e. The molecule has 0 spiro atoms. The fraction of sp³-hybridized carbons (Fsp3) is 0.750. The smallest absolute Gasteiger partial charge is 0.0939 e. The van der Waals surface area contributed by atoms with E-state index in [-0.39, 0.29) is 0 Å². The molecule has 1 N–H and O–H groups in total. The summed E-state index contributed by atoms with van der Waals surface area (Å²) < 4.78 is 1.96. The molecule has 1 unspecified atom stereocenters. The second-order valence-electron chi connectivity index (χ2n) is 4.12. The molecule has 0 saturated heterocycles. The molecule has 0 aliphatic rings. The second-order valence-corrected chi connectivity index (χ2v) is 5.16. The van der Waals surface area contributed by atoms with Gasteiger partial charge in [-0.2, -0.15) is 5.10 Å². The lowest BCUT2D eigenvalue weighted by molar-refractivity contribution is 0.539. The average molecular weight is 241 g/mol. The maximum Gasteiger partial charge on any atom is 0.0939 e. The molecule has 0 fully saturated rings. The van der Waals surface area contributed by atoms with Gasteiger partial charge < -0.3 is 5.32 Å². The first kappa shape index (κ1) is 13.6. The lowest BCUT2D eigenvalue weighted by Gasteiger charge is -2.15. The Hall–Kier alpha value is -0.480. The van der Waals surface area contributed by atoms with Crippen LogP contribution in [0.1, 0.15) is 32.4 Å². The summed E-state index contributed by atoms with van der Waals surface area (Å²) in [6.07, 6.45) is 2.38. The first-order chi connectivity index (χ1) is 7.67. The lowest BCUT2D eigenvalue weighted by atomic mass is 10.2. The normalized spacial score (nSPS) is 13.0. The highest BCUT2D eigenvalue weighted by Gasteiger charge is 2.08. The first-order valence-corrected chi connectivity index (χ1v) is 7.02. The Morgan fingerprint density at radius 3 is 2.75 bits per heavy atom. The van der Waals surface area contributed by atoms with E-state index < -0.39 is 0 Å². The van der Waals surface area contributed by atoms with Crippen molar-refractivity contribution in [2.75, 3.05) is 12.3 Å². The van der Waals surface area contributed by atoms with Gasteiger partial charge in [0.15, 0.2) is 0 Å². The minimum atomic E-state index is 0.611. The van der Waals surface area contributed by atoms with Crippen molar-refractivity contribution in [1.82, 2.24) is 15.1 Å². The van der Waals surface area contributed by atoms with Gasteiger partial charge in [0.2, 0.25) is 0 Å². The predicted octanol–water partition coefficient (Wildman–Crippen LogP) is 2.60.